The average molecular weight is 473 g/mol. The minimum absolute atomic E-state index is 0.183. The fourth-order valence-electron chi connectivity index (χ4n) is 5.66. The van der Waals surface area contributed by atoms with Crippen LogP contribution in [0.25, 0.3) is 0 Å². The molecule has 2 aliphatic heterocycles. The molecule has 2 aliphatic rings. The van der Waals surface area contributed by atoms with Crippen molar-refractivity contribution in [2.24, 2.45) is 0 Å². The van der Waals surface area contributed by atoms with Crippen LogP contribution < -0.4 is 0 Å². The van der Waals surface area contributed by atoms with Crippen molar-refractivity contribution in [1.82, 2.24) is 9.88 Å². The van der Waals surface area contributed by atoms with Crippen LogP contribution in [0.1, 0.15) is 59.7 Å². The van der Waals surface area contributed by atoms with Gasteiger partial charge in [0.25, 0.3) is 0 Å². The van der Waals surface area contributed by atoms with Crippen molar-refractivity contribution in [2.75, 3.05) is 26.3 Å². The third-order valence-electron chi connectivity index (χ3n) is 7.61. The number of amides is 1. The van der Waals surface area contributed by atoms with E-state index in [1.54, 1.807) is 6.07 Å². The number of likely N-dealkylation sites (tertiary alicyclic amines) is 1. The summed E-state index contributed by atoms with van der Waals surface area (Å²) in [6.07, 6.45) is 3.85. The zero-order chi connectivity index (χ0) is 24.3. The molecule has 1 atom stereocenters. The molecular weight excluding hydrogens is 439 g/mol. The largest absolute Gasteiger partial charge is 0.381 e. The minimum Gasteiger partial charge on any atom is -0.381 e. The number of carbonyl (C=O) groups excluding carboxylic acids is 1. The lowest BCUT2D eigenvalue weighted by atomic mass is 9.72. The van der Waals surface area contributed by atoms with Gasteiger partial charge >= 0.3 is 0 Å². The summed E-state index contributed by atoms with van der Waals surface area (Å²) in [6.45, 7) is 4.74. The fourth-order valence-corrected chi connectivity index (χ4v) is 5.66. The van der Waals surface area contributed by atoms with Crippen LogP contribution in [0.15, 0.2) is 66.7 Å². The van der Waals surface area contributed by atoms with Crippen molar-refractivity contribution in [3.05, 3.63) is 101 Å². The Kier molecular flexibility index (Phi) is 6.96. The summed E-state index contributed by atoms with van der Waals surface area (Å²) >= 11 is 0. The van der Waals surface area contributed by atoms with Crippen LogP contribution in [-0.4, -0.2) is 42.1 Å². The van der Waals surface area contributed by atoms with Gasteiger partial charge in [-0.05, 0) is 61.9 Å². The highest BCUT2D eigenvalue weighted by Crippen LogP contribution is 2.39. The van der Waals surface area contributed by atoms with Gasteiger partial charge in [0.05, 0.1) is 5.41 Å². The highest BCUT2D eigenvalue weighted by Gasteiger charge is 2.45. The number of hydrogen-bond acceptors (Lipinski definition) is 3. The molecule has 5 heteroatoms. The number of nitrogens with zero attached hydrogens (tertiary/aromatic N) is 2. The van der Waals surface area contributed by atoms with Gasteiger partial charge in [0.1, 0.15) is 5.82 Å². The second-order valence-corrected chi connectivity index (χ2v) is 9.98. The van der Waals surface area contributed by atoms with Crippen LogP contribution in [-0.2, 0) is 21.4 Å². The standard InChI is InChI=1S/C30H33FN2O2/c1-22-7-4-10-25(19-22)30(14-17-35-18-15-30)29(34)33-16-6-9-24(21-33)28-13-5-11-26(32-28)20-23-8-2-3-12-27(23)31/h2-5,7-8,10-13,19,24H,6,9,14-18,20-21H2,1H3. The molecule has 35 heavy (non-hydrogen) atoms. The lowest BCUT2D eigenvalue weighted by molar-refractivity contribution is -0.142. The molecule has 2 aromatic carbocycles. The van der Waals surface area contributed by atoms with Crippen LogP contribution in [0.3, 0.4) is 0 Å². The van der Waals surface area contributed by atoms with Gasteiger partial charge in [0, 0.05) is 50.0 Å². The SMILES string of the molecule is Cc1cccc(C2(C(=O)N3CCCC(c4cccc(Cc5ccccc5F)n4)C3)CCOCC2)c1. The molecule has 3 heterocycles. The summed E-state index contributed by atoms with van der Waals surface area (Å²) in [7, 11) is 0. The maximum Gasteiger partial charge on any atom is 0.233 e. The minimum atomic E-state index is -0.522. The molecule has 4 nitrogen and oxygen atoms in total. The van der Waals surface area contributed by atoms with E-state index < -0.39 is 5.41 Å². The lowest BCUT2D eigenvalue weighted by Gasteiger charge is -2.43. The van der Waals surface area contributed by atoms with Gasteiger partial charge in [-0.3, -0.25) is 9.78 Å². The Hall–Kier alpha value is -3.05. The van der Waals surface area contributed by atoms with E-state index >= 15 is 0 Å². The Morgan fingerprint density at radius 2 is 1.89 bits per heavy atom. The van der Waals surface area contributed by atoms with E-state index in [9.17, 15) is 9.18 Å². The maximum absolute atomic E-state index is 14.2. The maximum atomic E-state index is 14.2. The Morgan fingerprint density at radius 1 is 1.09 bits per heavy atom. The molecule has 1 aromatic heterocycles. The number of rotatable bonds is 5. The van der Waals surface area contributed by atoms with Gasteiger partial charge in [0.2, 0.25) is 5.91 Å². The molecule has 0 saturated carbocycles. The van der Waals surface area contributed by atoms with Crippen LogP contribution in [0.2, 0.25) is 0 Å². The molecule has 0 spiro atoms. The summed E-state index contributed by atoms with van der Waals surface area (Å²) in [4.78, 5) is 21.1. The van der Waals surface area contributed by atoms with E-state index in [2.05, 4.69) is 36.1 Å². The number of halogens is 1. The van der Waals surface area contributed by atoms with Crippen LogP contribution in [0.4, 0.5) is 4.39 Å². The second-order valence-electron chi connectivity index (χ2n) is 9.98. The molecule has 1 unspecified atom stereocenters. The summed E-state index contributed by atoms with van der Waals surface area (Å²) in [5.41, 5.74) is 4.26. The molecular formula is C30H33FN2O2. The van der Waals surface area contributed by atoms with E-state index in [0.717, 1.165) is 36.3 Å². The predicted octanol–water partition coefficient (Wildman–Crippen LogP) is 5.57. The topological polar surface area (TPSA) is 42.4 Å². The van der Waals surface area contributed by atoms with Crippen molar-refractivity contribution in [2.45, 2.75) is 50.4 Å². The molecule has 0 N–H and O–H groups in total. The van der Waals surface area contributed by atoms with Gasteiger partial charge in [-0.25, -0.2) is 4.39 Å². The van der Waals surface area contributed by atoms with Crippen molar-refractivity contribution in [3.8, 4) is 0 Å². The molecule has 3 aromatic rings. The molecule has 2 saturated heterocycles. The number of benzene rings is 2. The molecule has 0 bridgehead atoms. The summed E-state index contributed by atoms with van der Waals surface area (Å²) in [6, 6.07) is 21.3. The van der Waals surface area contributed by atoms with E-state index in [4.69, 9.17) is 9.72 Å². The monoisotopic (exact) mass is 472 g/mol. The zero-order valence-electron chi connectivity index (χ0n) is 20.4. The van der Waals surface area contributed by atoms with E-state index in [0.29, 0.717) is 44.6 Å². The first kappa shape index (κ1) is 23.7. The number of carbonyl (C=O) groups is 1. The number of piperidine rings is 1. The van der Waals surface area contributed by atoms with E-state index in [1.165, 1.54) is 11.6 Å². The van der Waals surface area contributed by atoms with E-state index in [-0.39, 0.29) is 17.6 Å². The van der Waals surface area contributed by atoms with Crippen molar-refractivity contribution in [3.63, 3.8) is 0 Å². The van der Waals surface area contributed by atoms with Crippen LogP contribution in [0, 0.1) is 12.7 Å². The van der Waals surface area contributed by atoms with E-state index in [1.807, 2.05) is 30.3 Å². The van der Waals surface area contributed by atoms with Gasteiger partial charge in [-0.15, -0.1) is 0 Å². The zero-order valence-corrected chi connectivity index (χ0v) is 20.4. The van der Waals surface area contributed by atoms with Gasteiger partial charge < -0.3 is 9.64 Å². The molecule has 182 valence electrons. The first-order chi connectivity index (χ1) is 17.0. The van der Waals surface area contributed by atoms with Gasteiger partial charge in [-0.1, -0.05) is 54.1 Å². The predicted molar refractivity (Wildman–Crippen MR) is 135 cm³/mol. The van der Waals surface area contributed by atoms with Crippen molar-refractivity contribution >= 4 is 5.91 Å². The Balaban J connectivity index is 1.37. The summed E-state index contributed by atoms with van der Waals surface area (Å²) in [5.74, 6) is 0.202. The summed E-state index contributed by atoms with van der Waals surface area (Å²) < 4.78 is 19.8. The van der Waals surface area contributed by atoms with Gasteiger partial charge in [-0.2, -0.15) is 0 Å². The third-order valence-corrected chi connectivity index (χ3v) is 7.61. The van der Waals surface area contributed by atoms with Crippen molar-refractivity contribution < 1.29 is 13.9 Å². The Morgan fingerprint density at radius 3 is 2.69 bits per heavy atom. The number of pyridine rings is 1. The molecule has 5 rings (SSSR count). The number of ether oxygens (including phenoxy) is 1. The highest BCUT2D eigenvalue weighted by molar-refractivity contribution is 5.88. The highest BCUT2D eigenvalue weighted by atomic mass is 19.1. The molecule has 0 aliphatic carbocycles. The van der Waals surface area contributed by atoms with Crippen LogP contribution >= 0.6 is 0 Å². The Labute approximate surface area is 207 Å². The average Bonchev–Trinajstić information content (AvgIpc) is 2.90. The number of aryl methyl sites for hydroxylation is 1. The molecule has 2 fully saturated rings. The quantitative estimate of drug-likeness (QED) is 0.487. The molecule has 0 radical (unpaired) electrons. The normalized spacial score (nSPS) is 19.9. The first-order valence-corrected chi connectivity index (χ1v) is 12.7. The lowest BCUT2D eigenvalue weighted by Crippen LogP contribution is -2.52. The Bertz CT molecular complexity index is 1190. The number of hydrogen-bond donors (Lipinski definition) is 0. The molecule has 1 amide bonds. The number of aromatic nitrogens is 1. The van der Waals surface area contributed by atoms with Crippen LogP contribution in [0.5, 0.6) is 0 Å². The van der Waals surface area contributed by atoms with Gasteiger partial charge in [0.15, 0.2) is 0 Å². The van der Waals surface area contributed by atoms with Crippen molar-refractivity contribution in [1.29, 1.82) is 0 Å². The second kappa shape index (κ2) is 10.3. The summed E-state index contributed by atoms with van der Waals surface area (Å²) in [5, 5.41) is 0. The smallest absolute Gasteiger partial charge is 0.233 e. The third kappa shape index (κ3) is 5.01. The first-order valence-electron chi connectivity index (χ1n) is 12.7. The fraction of sp³-hybridized carbons (Fsp3) is 0.400.